The molecule has 0 bridgehead atoms. The molecule has 1 N–H and O–H groups in total. The van der Waals surface area contributed by atoms with Crippen LogP contribution in [-0.2, 0) is 6.42 Å². The Hall–Kier alpha value is -2.68. The van der Waals surface area contributed by atoms with Crippen LogP contribution in [0.2, 0.25) is 0 Å². The Balaban J connectivity index is 2.07. The molecule has 3 aromatic rings. The summed E-state index contributed by atoms with van der Waals surface area (Å²) in [4.78, 5) is 19.2. The predicted molar refractivity (Wildman–Crippen MR) is 89.7 cm³/mol. The highest BCUT2D eigenvalue weighted by atomic mass is 16.1. The predicted octanol–water partition coefficient (Wildman–Crippen LogP) is 3.80. The first-order valence-electron chi connectivity index (χ1n) is 7.52. The lowest BCUT2D eigenvalue weighted by Crippen LogP contribution is -2.14. The molecule has 1 aromatic heterocycles. The van der Waals surface area contributed by atoms with Crippen LogP contribution in [0, 0.1) is 5.92 Å². The molecule has 0 spiro atoms. The maximum atomic E-state index is 12.1. The first kappa shape index (κ1) is 13.0. The SMILES string of the molecule is CC1C=Cc2ccc3c(-c4ccccc4)nc(=O)[nH]c3c2C1. The van der Waals surface area contributed by atoms with E-state index in [1.807, 2.05) is 30.3 Å². The van der Waals surface area contributed by atoms with Crippen molar-refractivity contribution in [1.82, 2.24) is 9.97 Å². The second-order valence-corrected chi connectivity index (χ2v) is 5.85. The van der Waals surface area contributed by atoms with E-state index < -0.39 is 0 Å². The molecule has 108 valence electrons. The lowest BCUT2D eigenvalue weighted by Gasteiger charge is -2.18. The Morgan fingerprint density at radius 2 is 1.95 bits per heavy atom. The number of aromatic nitrogens is 2. The van der Waals surface area contributed by atoms with E-state index >= 15 is 0 Å². The van der Waals surface area contributed by atoms with Gasteiger partial charge in [0.1, 0.15) is 0 Å². The van der Waals surface area contributed by atoms with E-state index in [2.05, 4.69) is 41.2 Å². The molecule has 1 aliphatic rings. The van der Waals surface area contributed by atoms with Crippen LogP contribution in [-0.4, -0.2) is 9.97 Å². The number of fused-ring (bicyclic) bond motifs is 3. The average molecular weight is 288 g/mol. The van der Waals surface area contributed by atoms with E-state index in [-0.39, 0.29) is 5.69 Å². The van der Waals surface area contributed by atoms with Gasteiger partial charge < -0.3 is 4.98 Å². The van der Waals surface area contributed by atoms with Crippen LogP contribution in [0.5, 0.6) is 0 Å². The zero-order valence-corrected chi connectivity index (χ0v) is 12.3. The molecular formula is C19H16N2O. The lowest BCUT2D eigenvalue weighted by atomic mass is 9.88. The monoisotopic (exact) mass is 288 g/mol. The van der Waals surface area contributed by atoms with Crippen LogP contribution < -0.4 is 5.69 Å². The second kappa shape index (κ2) is 4.95. The summed E-state index contributed by atoms with van der Waals surface area (Å²) in [5, 5.41) is 1.01. The van der Waals surface area contributed by atoms with Gasteiger partial charge in [0.15, 0.2) is 0 Å². The van der Waals surface area contributed by atoms with Crippen molar-refractivity contribution < 1.29 is 0 Å². The number of H-pyrrole nitrogens is 1. The minimum Gasteiger partial charge on any atom is -0.305 e. The van der Waals surface area contributed by atoms with Crippen molar-refractivity contribution in [2.75, 3.05) is 0 Å². The Labute approximate surface area is 128 Å². The van der Waals surface area contributed by atoms with Crippen molar-refractivity contribution in [1.29, 1.82) is 0 Å². The van der Waals surface area contributed by atoms with Gasteiger partial charge in [0.25, 0.3) is 0 Å². The van der Waals surface area contributed by atoms with Gasteiger partial charge in [0, 0.05) is 10.9 Å². The molecular weight excluding hydrogens is 272 g/mol. The molecule has 0 saturated carbocycles. The number of aromatic amines is 1. The first-order valence-corrected chi connectivity index (χ1v) is 7.52. The zero-order chi connectivity index (χ0) is 15.1. The highest BCUT2D eigenvalue weighted by Crippen LogP contribution is 2.32. The molecule has 1 heterocycles. The van der Waals surface area contributed by atoms with Gasteiger partial charge >= 0.3 is 5.69 Å². The summed E-state index contributed by atoms with van der Waals surface area (Å²) < 4.78 is 0. The van der Waals surface area contributed by atoms with Crippen molar-refractivity contribution in [3.63, 3.8) is 0 Å². The van der Waals surface area contributed by atoms with Crippen LogP contribution in [0.15, 0.2) is 53.3 Å². The van der Waals surface area contributed by atoms with Crippen molar-refractivity contribution in [2.24, 2.45) is 5.92 Å². The van der Waals surface area contributed by atoms with Crippen LogP contribution in [0.1, 0.15) is 18.1 Å². The normalized spacial score (nSPS) is 16.7. The van der Waals surface area contributed by atoms with Crippen molar-refractivity contribution in [2.45, 2.75) is 13.3 Å². The highest BCUT2D eigenvalue weighted by Gasteiger charge is 2.16. The van der Waals surface area contributed by atoms with Crippen LogP contribution in [0.25, 0.3) is 28.2 Å². The van der Waals surface area contributed by atoms with Crippen molar-refractivity contribution in [3.8, 4) is 11.3 Å². The van der Waals surface area contributed by atoms with Gasteiger partial charge in [-0.1, -0.05) is 61.5 Å². The molecule has 0 fully saturated rings. The van der Waals surface area contributed by atoms with Crippen LogP contribution in [0.3, 0.4) is 0 Å². The summed E-state index contributed by atoms with van der Waals surface area (Å²) in [6, 6.07) is 14.0. The first-order chi connectivity index (χ1) is 10.7. The largest absolute Gasteiger partial charge is 0.345 e. The number of hydrogen-bond donors (Lipinski definition) is 1. The molecule has 2 aromatic carbocycles. The summed E-state index contributed by atoms with van der Waals surface area (Å²) in [7, 11) is 0. The summed E-state index contributed by atoms with van der Waals surface area (Å²) in [6.07, 6.45) is 5.30. The third kappa shape index (κ3) is 2.06. The van der Waals surface area contributed by atoms with Gasteiger partial charge in [0.2, 0.25) is 0 Å². The van der Waals surface area contributed by atoms with E-state index in [0.717, 1.165) is 28.6 Å². The summed E-state index contributed by atoms with van der Waals surface area (Å²) in [6.45, 7) is 2.19. The molecule has 3 nitrogen and oxygen atoms in total. The second-order valence-electron chi connectivity index (χ2n) is 5.85. The fourth-order valence-electron chi connectivity index (χ4n) is 3.15. The number of allylic oxidation sites excluding steroid dienone is 1. The van der Waals surface area contributed by atoms with Gasteiger partial charge in [-0.2, -0.15) is 4.98 Å². The summed E-state index contributed by atoms with van der Waals surface area (Å²) >= 11 is 0. The fourth-order valence-corrected chi connectivity index (χ4v) is 3.15. The van der Waals surface area contributed by atoms with Crippen LogP contribution >= 0.6 is 0 Å². The van der Waals surface area contributed by atoms with E-state index in [1.165, 1.54) is 11.1 Å². The third-order valence-corrected chi connectivity index (χ3v) is 4.23. The minimum absolute atomic E-state index is 0.290. The smallest absolute Gasteiger partial charge is 0.305 e. The maximum Gasteiger partial charge on any atom is 0.345 e. The Kier molecular flexibility index (Phi) is 2.93. The number of benzene rings is 2. The van der Waals surface area contributed by atoms with Gasteiger partial charge in [-0.15, -0.1) is 0 Å². The highest BCUT2D eigenvalue weighted by molar-refractivity contribution is 5.95. The fraction of sp³-hybridized carbons (Fsp3) is 0.158. The van der Waals surface area contributed by atoms with Crippen LogP contribution in [0.4, 0.5) is 0 Å². The van der Waals surface area contributed by atoms with E-state index in [4.69, 9.17) is 0 Å². The van der Waals surface area contributed by atoms with Crippen molar-refractivity contribution >= 4 is 17.0 Å². The summed E-state index contributed by atoms with van der Waals surface area (Å²) in [5.41, 5.74) is 4.76. The topological polar surface area (TPSA) is 45.8 Å². The number of rotatable bonds is 1. The third-order valence-electron chi connectivity index (χ3n) is 4.23. The molecule has 0 radical (unpaired) electrons. The molecule has 1 unspecified atom stereocenters. The molecule has 0 saturated heterocycles. The van der Waals surface area contributed by atoms with E-state index in [1.54, 1.807) is 0 Å². The average Bonchev–Trinajstić information content (AvgIpc) is 2.55. The molecule has 22 heavy (non-hydrogen) atoms. The van der Waals surface area contributed by atoms with Gasteiger partial charge in [-0.05, 0) is 23.5 Å². The standard InChI is InChI=1S/C19H16N2O/c1-12-7-8-13-9-10-15-17(14-5-3-2-4-6-14)20-19(22)21-18(15)16(13)11-12/h2-10,12H,11H2,1H3,(H,20,21,22). The van der Waals surface area contributed by atoms with Gasteiger partial charge in [-0.25, -0.2) is 4.79 Å². The Morgan fingerprint density at radius 1 is 1.14 bits per heavy atom. The van der Waals surface area contributed by atoms with E-state index in [9.17, 15) is 4.79 Å². The number of nitrogens with zero attached hydrogens (tertiary/aromatic N) is 1. The molecule has 0 amide bonds. The molecule has 1 aliphatic carbocycles. The molecule has 3 heteroatoms. The summed E-state index contributed by atoms with van der Waals surface area (Å²) in [5.74, 6) is 0.481. The Morgan fingerprint density at radius 3 is 2.77 bits per heavy atom. The van der Waals surface area contributed by atoms with Gasteiger partial charge in [0.05, 0.1) is 11.2 Å². The maximum absolute atomic E-state index is 12.1. The van der Waals surface area contributed by atoms with Gasteiger partial charge in [-0.3, -0.25) is 0 Å². The number of nitrogens with one attached hydrogen (secondary N) is 1. The molecule has 1 atom stereocenters. The Bertz CT molecular complexity index is 939. The van der Waals surface area contributed by atoms with Crippen molar-refractivity contribution in [3.05, 3.63) is 70.2 Å². The molecule has 4 rings (SSSR count). The quantitative estimate of drug-likeness (QED) is 0.740. The number of hydrogen-bond acceptors (Lipinski definition) is 2. The van der Waals surface area contributed by atoms with E-state index in [0.29, 0.717) is 5.92 Å². The zero-order valence-electron chi connectivity index (χ0n) is 12.3. The molecule has 0 aliphatic heterocycles. The lowest BCUT2D eigenvalue weighted by molar-refractivity contribution is 0.720. The minimum atomic E-state index is -0.290.